The molecule has 0 bridgehead atoms. The highest BCUT2D eigenvalue weighted by Crippen LogP contribution is 2.19. The average molecular weight is 252 g/mol. The van der Waals surface area contributed by atoms with Crippen molar-refractivity contribution in [1.82, 2.24) is 10.2 Å². The van der Waals surface area contributed by atoms with Crippen molar-refractivity contribution in [3.63, 3.8) is 0 Å². The summed E-state index contributed by atoms with van der Waals surface area (Å²) < 4.78 is 18.5. The molecule has 98 valence electrons. The zero-order valence-electron chi connectivity index (χ0n) is 10.4. The van der Waals surface area contributed by atoms with Crippen molar-refractivity contribution in [3.05, 3.63) is 30.1 Å². The smallest absolute Gasteiger partial charge is 0.317 e. The minimum absolute atomic E-state index is 0.0461. The van der Waals surface area contributed by atoms with Crippen LogP contribution >= 0.6 is 0 Å². The average Bonchev–Trinajstić information content (AvgIpc) is 2.41. The number of nitrogens with one attached hydrogen (secondary N) is 1. The number of amides is 2. The largest absolute Gasteiger partial charge is 0.490 e. The second-order valence-electron chi connectivity index (χ2n) is 4.31. The third-order valence-electron chi connectivity index (χ3n) is 3.06. The van der Waals surface area contributed by atoms with E-state index >= 15 is 0 Å². The first-order chi connectivity index (χ1) is 8.69. The van der Waals surface area contributed by atoms with Gasteiger partial charge >= 0.3 is 6.03 Å². The number of urea groups is 1. The lowest BCUT2D eigenvalue weighted by molar-refractivity contribution is 0.111. The van der Waals surface area contributed by atoms with E-state index < -0.39 is 0 Å². The lowest BCUT2D eigenvalue weighted by Gasteiger charge is -2.31. The number of ether oxygens (including phenoxy) is 1. The Morgan fingerprint density at radius 1 is 1.33 bits per heavy atom. The molecule has 0 saturated carbocycles. The van der Waals surface area contributed by atoms with Crippen LogP contribution < -0.4 is 10.1 Å². The van der Waals surface area contributed by atoms with Crippen molar-refractivity contribution >= 4 is 6.03 Å². The number of piperidine rings is 1. The van der Waals surface area contributed by atoms with Gasteiger partial charge in [0.2, 0.25) is 0 Å². The Balaban J connectivity index is 1.83. The number of halogens is 1. The van der Waals surface area contributed by atoms with E-state index in [4.69, 9.17) is 4.74 Å². The summed E-state index contributed by atoms with van der Waals surface area (Å²) in [6, 6.07) is 5.97. The molecule has 1 aliphatic rings. The van der Waals surface area contributed by atoms with E-state index in [1.807, 2.05) is 0 Å². The number of rotatable bonds is 2. The SMILES string of the molecule is CNC(=O)N1CCC(Oc2ccc(F)cc2)CC1. The third kappa shape index (κ3) is 3.12. The van der Waals surface area contributed by atoms with E-state index in [0.29, 0.717) is 18.8 Å². The normalized spacial score (nSPS) is 16.4. The summed E-state index contributed by atoms with van der Waals surface area (Å²) >= 11 is 0. The van der Waals surface area contributed by atoms with Crippen molar-refractivity contribution < 1.29 is 13.9 Å². The van der Waals surface area contributed by atoms with Gasteiger partial charge in [-0.1, -0.05) is 0 Å². The van der Waals surface area contributed by atoms with Crippen LogP contribution in [0.25, 0.3) is 0 Å². The molecule has 0 atom stereocenters. The highest BCUT2D eigenvalue weighted by atomic mass is 19.1. The van der Waals surface area contributed by atoms with Crippen LogP contribution in [0.3, 0.4) is 0 Å². The Hall–Kier alpha value is -1.78. The van der Waals surface area contributed by atoms with Gasteiger partial charge in [0.05, 0.1) is 0 Å². The second kappa shape index (κ2) is 5.71. The molecule has 1 heterocycles. The molecule has 0 aromatic heterocycles. The number of hydrogen-bond acceptors (Lipinski definition) is 2. The lowest BCUT2D eigenvalue weighted by atomic mass is 10.1. The Morgan fingerprint density at radius 2 is 1.94 bits per heavy atom. The van der Waals surface area contributed by atoms with Gasteiger partial charge in [0.1, 0.15) is 17.7 Å². The fourth-order valence-corrected chi connectivity index (χ4v) is 2.04. The quantitative estimate of drug-likeness (QED) is 0.874. The van der Waals surface area contributed by atoms with E-state index in [1.54, 1.807) is 24.1 Å². The molecule has 0 spiro atoms. The molecule has 1 fully saturated rings. The van der Waals surface area contributed by atoms with E-state index in [9.17, 15) is 9.18 Å². The van der Waals surface area contributed by atoms with Crippen molar-refractivity contribution in [1.29, 1.82) is 0 Å². The van der Waals surface area contributed by atoms with Crippen LogP contribution in [0.1, 0.15) is 12.8 Å². The number of nitrogens with zero attached hydrogens (tertiary/aromatic N) is 1. The van der Waals surface area contributed by atoms with Gasteiger partial charge < -0.3 is 15.0 Å². The third-order valence-corrected chi connectivity index (χ3v) is 3.06. The molecular weight excluding hydrogens is 235 g/mol. The molecule has 0 radical (unpaired) electrons. The summed E-state index contributed by atoms with van der Waals surface area (Å²) in [6.45, 7) is 1.37. The summed E-state index contributed by atoms with van der Waals surface area (Å²) in [7, 11) is 1.63. The zero-order valence-corrected chi connectivity index (χ0v) is 10.4. The van der Waals surface area contributed by atoms with Gasteiger partial charge in [-0.25, -0.2) is 9.18 Å². The highest BCUT2D eigenvalue weighted by molar-refractivity contribution is 5.73. The molecule has 4 nitrogen and oxygen atoms in total. The molecule has 1 aromatic carbocycles. The van der Waals surface area contributed by atoms with Crippen LogP contribution in [0, 0.1) is 5.82 Å². The van der Waals surface area contributed by atoms with Crippen molar-refractivity contribution in [2.75, 3.05) is 20.1 Å². The Kier molecular flexibility index (Phi) is 4.02. The fourth-order valence-electron chi connectivity index (χ4n) is 2.04. The van der Waals surface area contributed by atoms with E-state index in [0.717, 1.165) is 12.8 Å². The molecule has 5 heteroatoms. The monoisotopic (exact) mass is 252 g/mol. The van der Waals surface area contributed by atoms with Gasteiger partial charge in [-0.05, 0) is 24.3 Å². The number of benzene rings is 1. The van der Waals surface area contributed by atoms with Crippen molar-refractivity contribution in [2.24, 2.45) is 0 Å². The standard InChI is InChI=1S/C13H17FN2O2/c1-15-13(17)16-8-6-12(7-9-16)18-11-4-2-10(14)3-5-11/h2-5,12H,6-9H2,1H3,(H,15,17). The molecule has 2 amide bonds. The maximum absolute atomic E-state index is 12.7. The van der Waals surface area contributed by atoms with E-state index in [1.165, 1.54) is 12.1 Å². The minimum Gasteiger partial charge on any atom is -0.490 e. The van der Waals surface area contributed by atoms with Crippen LogP contribution in [0.15, 0.2) is 24.3 Å². The van der Waals surface area contributed by atoms with Gasteiger partial charge in [0.15, 0.2) is 0 Å². The lowest BCUT2D eigenvalue weighted by Crippen LogP contribution is -2.45. The minimum atomic E-state index is -0.267. The summed E-state index contributed by atoms with van der Waals surface area (Å²) in [4.78, 5) is 13.2. The first-order valence-corrected chi connectivity index (χ1v) is 6.08. The van der Waals surface area contributed by atoms with E-state index in [2.05, 4.69) is 5.32 Å². The molecule has 1 N–H and O–H groups in total. The number of likely N-dealkylation sites (tertiary alicyclic amines) is 1. The summed E-state index contributed by atoms with van der Waals surface area (Å²) in [5, 5.41) is 2.61. The van der Waals surface area contributed by atoms with E-state index in [-0.39, 0.29) is 18.0 Å². The number of hydrogen-bond donors (Lipinski definition) is 1. The molecule has 1 saturated heterocycles. The first kappa shape index (κ1) is 12.7. The number of carbonyl (C=O) groups excluding carboxylic acids is 1. The van der Waals surface area contributed by atoms with Crippen LogP contribution in [0.5, 0.6) is 5.75 Å². The molecular formula is C13H17FN2O2. The molecule has 2 rings (SSSR count). The predicted molar refractivity (Wildman–Crippen MR) is 66.1 cm³/mol. The van der Waals surface area contributed by atoms with Crippen LogP contribution in [-0.4, -0.2) is 37.2 Å². The molecule has 1 aromatic rings. The first-order valence-electron chi connectivity index (χ1n) is 6.08. The summed E-state index contributed by atoms with van der Waals surface area (Å²) in [5.74, 6) is 0.409. The van der Waals surface area contributed by atoms with Crippen molar-refractivity contribution in [2.45, 2.75) is 18.9 Å². The van der Waals surface area contributed by atoms with Crippen LogP contribution in [0.2, 0.25) is 0 Å². The van der Waals surface area contributed by atoms with Gasteiger partial charge in [0, 0.05) is 33.0 Å². The van der Waals surface area contributed by atoms with Gasteiger partial charge in [-0.2, -0.15) is 0 Å². The molecule has 0 unspecified atom stereocenters. The number of carbonyl (C=O) groups is 1. The summed E-state index contributed by atoms with van der Waals surface area (Å²) in [5.41, 5.74) is 0. The predicted octanol–water partition coefficient (Wildman–Crippen LogP) is 2.01. The van der Waals surface area contributed by atoms with Crippen molar-refractivity contribution in [3.8, 4) is 5.75 Å². The Labute approximate surface area is 106 Å². The summed E-state index contributed by atoms with van der Waals surface area (Å²) in [6.07, 6.45) is 1.69. The maximum Gasteiger partial charge on any atom is 0.317 e. The van der Waals surface area contributed by atoms with Gasteiger partial charge in [-0.15, -0.1) is 0 Å². The maximum atomic E-state index is 12.7. The molecule has 1 aliphatic heterocycles. The topological polar surface area (TPSA) is 41.6 Å². The Bertz CT molecular complexity index is 400. The van der Waals surface area contributed by atoms with Gasteiger partial charge in [0.25, 0.3) is 0 Å². The highest BCUT2D eigenvalue weighted by Gasteiger charge is 2.23. The molecule has 0 aliphatic carbocycles. The zero-order chi connectivity index (χ0) is 13.0. The van der Waals surface area contributed by atoms with Gasteiger partial charge in [-0.3, -0.25) is 0 Å². The van der Waals surface area contributed by atoms with Crippen LogP contribution in [0.4, 0.5) is 9.18 Å². The molecule has 18 heavy (non-hydrogen) atoms. The van der Waals surface area contributed by atoms with Crippen LogP contribution in [-0.2, 0) is 0 Å². The second-order valence-corrected chi connectivity index (χ2v) is 4.31. The Morgan fingerprint density at radius 3 is 2.50 bits per heavy atom. The fraction of sp³-hybridized carbons (Fsp3) is 0.462.